The third-order valence-electron chi connectivity index (χ3n) is 2.22. The van der Waals surface area contributed by atoms with Crippen LogP contribution in [-0.2, 0) is 4.74 Å². The fourth-order valence-electron chi connectivity index (χ4n) is 1.42. The quantitative estimate of drug-likeness (QED) is 0.354. The Morgan fingerprint density at radius 3 is 2.89 bits per heavy atom. The Bertz CT molecular complexity index is 369. The maximum Gasteiger partial charge on any atom is 0.193 e. The summed E-state index contributed by atoms with van der Waals surface area (Å²) in [5.74, 6) is 0.451. The number of rotatable bonds is 6. The van der Waals surface area contributed by atoms with Crippen molar-refractivity contribution in [2.75, 3.05) is 25.1 Å². The molecular formula is C13H22IN3O. The van der Waals surface area contributed by atoms with Crippen molar-refractivity contribution in [1.29, 1.82) is 0 Å². The van der Waals surface area contributed by atoms with E-state index in [4.69, 9.17) is 10.5 Å². The molecule has 102 valence electrons. The highest BCUT2D eigenvalue weighted by Crippen LogP contribution is 2.08. The predicted molar refractivity (Wildman–Crippen MR) is 87.8 cm³/mol. The molecule has 0 spiro atoms. The van der Waals surface area contributed by atoms with E-state index < -0.39 is 0 Å². The Labute approximate surface area is 126 Å². The van der Waals surface area contributed by atoms with Crippen LogP contribution in [0.3, 0.4) is 0 Å². The van der Waals surface area contributed by atoms with Gasteiger partial charge in [-0.25, -0.2) is 0 Å². The number of ether oxygens (including phenoxy) is 1. The second-order valence-corrected chi connectivity index (χ2v) is 3.81. The lowest BCUT2D eigenvalue weighted by Gasteiger charge is -2.06. The van der Waals surface area contributed by atoms with E-state index >= 15 is 0 Å². The van der Waals surface area contributed by atoms with Crippen LogP contribution >= 0.6 is 24.0 Å². The Balaban J connectivity index is 0.00000289. The number of nitrogens with zero attached hydrogens (tertiary/aromatic N) is 1. The monoisotopic (exact) mass is 363 g/mol. The number of halogens is 1. The largest absolute Gasteiger partial charge is 0.382 e. The number of hydrogen-bond acceptors (Lipinski definition) is 2. The van der Waals surface area contributed by atoms with Gasteiger partial charge in [-0.05, 0) is 38.0 Å². The molecule has 0 aromatic heterocycles. The first-order valence-electron chi connectivity index (χ1n) is 5.93. The first-order valence-corrected chi connectivity index (χ1v) is 5.93. The first kappa shape index (κ1) is 17.2. The Kier molecular flexibility index (Phi) is 9.67. The number of hydrogen-bond donors (Lipinski definition) is 2. The molecule has 5 heteroatoms. The SMILES string of the molecule is CCOCCCN=C(N)Nc1cccc(C)c1.I. The van der Waals surface area contributed by atoms with Gasteiger partial charge in [0, 0.05) is 25.4 Å². The summed E-state index contributed by atoms with van der Waals surface area (Å²) in [4.78, 5) is 4.22. The molecule has 0 fully saturated rings. The number of guanidine groups is 1. The minimum atomic E-state index is 0. The zero-order valence-electron chi connectivity index (χ0n) is 11.0. The fraction of sp³-hybridized carbons (Fsp3) is 0.462. The van der Waals surface area contributed by atoms with E-state index in [9.17, 15) is 0 Å². The van der Waals surface area contributed by atoms with Crippen molar-refractivity contribution in [2.24, 2.45) is 10.7 Å². The Morgan fingerprint density at radius 1 is 1.44 bits per heavy atom. The average molecular weight is 363 g/mol. The van der Waals surface area contributed by atoms with Gasteiger partial charge in [0.2, 0.25) is 0 Å². The molecule has 0 saturated carbocycles. The van der Waals surface area contributed by atoms with Crippen molar-refractivity contribution >= 4 is 35.6 Å². The van der Waals surface area contributed by atoms with Crippen LogP contribution in [0.25, 0.3) is 0 Å². The third-order valence-corrected chi connectivity index (χ3v) is 2.22. The van der Waals surface area contributed by atoms with Crippen molar-refractivity contribution in [3.05, 3.63) is 29.8 Å². The number of anilines is 1. The topological polar surface area (TPSA) is 59.6 Å². The molecule has 0 radical (unpaired) electrons. The van der Waals surface area contributed by atoms with E-state index in [0.717, 1.165) is 25.3 Å². The second kappa shape index (κ2) is 10.1. The van der Waals surface area contributed by atoms with Crippen LogP contribution in [0, 0.1) is 6.92 Å². The molecule has 0 amide bonds. The Hall–Kier alpha value is -0.820. The lowest BCUT2D eigenvalue weighted by molar-refractivity contribution is 0.146. The van der Waals surface area contributed by atoms with E-state index in [0.29, 0.717) is 12.5 Å². The zero-order chi connectivity index (χ0) is 12.5. The van der Waals surface area contributed by atoms with Crippen LogP contribution in [-0.4, -0.2) is 25.7 Å². The third kappa shape index (κ3) is 7.50. The van der Waals surface area contributed by atoms with Crippen molar-refractivity contribution in [1.82, 2.24) is 0 Å². The molecule has 1 rings (SSSR count). The zero-order valence-corrected chi connectivity index (χ0v) is 13.3. The molecule has 0 saturated heterocycles. The van der Waals surface area contributed by atoms with Gasteiger partial charge in [-0.3, -0.25) is 4.99 Å². The minimum absolute atomic E-state index is 0. The van der Waals surface area contributed by atoms with Crippen LogP contribution in [0.15, 0.2) is 29.3 Å². The van der Waals surface area contributed by atoms with Crippen LogP contribution in [0.4, 0.5) is 5.69 Å². The van der Waals surface area contributed by atoms with E-state index in [2.05, 4.69) is 10.3 Å². The minimum Gasteiger partial charge on any atom is -0.382 e. The maximum absolute atomic E-state index is 5.77. The number of aryl methyl sites for hydroxylation is 1. The lowest BCUT2D eigenvalue weighted by atomic mass is 10.2. The van der Waals surface area contributed by atoms with Crippen molar-refractivity contribution in [3.8, 4) is 0 Å². The summed E-state index contributed by atoms with van der Waals surface area (Å²) in [6.45, 7) is 6.20. The molecule has 3 N–H and O–H groups in total. The molecule has 0 aliphatic heterocycles. The van der Waals surface area contributed by atoms with Crippen molar-refractivity contribution < 1.29 is 4.74 Å². The smallest absolute Gasteiger partial charge is 0.193 e. The maximum atomic E-state index is 5.77. The number of benzene rings is 1. The average Bonchev–Trinajstić information content (AvgIpc) is 2.29. The highest BCUT2D eigenvalue weighted by atomic mass is 127. The lowest BCUT2D eigenvalue weighted by Crippen LogP contribution is -2.23. The molecule has 0 atom stereocenters. The molecule has 0 aliphatic carbocycles. The number of nitrogens with one attached hydrogen (secondary N) is 1. The number of nitrogens with two attached hydrogens (primary N) is 1. The summed E-state index contributed by atoms with van der Waals surface area (Å²) in [5, 5.41) is 3.06. The molecule has 1 aromatic rings. The van der Waals surface area contributed by atoms with Gasteiger partial charge in [0.25, 0.3) is 0 Å². The molecule has 0 heterocycles. The second-order valence-electron chi connectivity index (χ2n) is 3.81. The molecule has 4 nitrogen and oxygen atoms in total. The molecule has 1 aromatic carbocycles. The standard InChI is InChI=1S/C13H21N3O.HI/c1-3-17-9-5-8-15-13(14)16-12-7-4-6-11(2)10-12;/h4,6-7,10H,3,5,8-9H2,1-2H3,(H3,14,15,16);1H. The molecule has 0 bridgehead atoms. The van der Waals surface area contributed by atoms with E-state index in [-0.39, 0.29) is 24.0 Å². The summed E-state index contributed by atoms with van der Waals surface area (Å²) < 4.78 is 5.22. The van der Waals surface area contributed by atoms with E-state index in [1.165, 1.54) is 5.56 Å². The molecule has 0 aliphatic rings. The normalized spacial score (nSPS) is 10.9. The van der Waals surface area contributed by atoms with Gasteiger partial charge >= 0.3 is 0 Å². The summed E-state index contributed by atoms with van der Waals surface area (Å²) in [6, 6.07) is 8.03. The van der Waals surface area contributed by atoms with Gasteiger partial charge in [-0.15, -0.1) is 24.0 Å². The van der Waals surface area contributed by atoms with Gasteiger partial charge in [0.1, 0.15) is 0 Å². The van der Waals surface area contributed by atoms with Crippen LogP contribution in [0.5, 0.6) is 0 Å². The van der Waals surface area contributed by atoms with Crippen LogP contribution in [0.1, 0.15) is 18.9 Å². The predicted octanol–water partition coefficient (Wildman–Crippen LogP) is 2.77. The van der Waals surface area contributed by atoms with Crippen molar-refractivity contribution in [3.63, 3.8) is 0 Å². The summed E-state index contributed by atoms with van der Waals surface area (Å²) >= 11 is 0. The molecular weight excluding hydrogens is 341 g/mol. The highest BCUT2D eigenvalue weighted by molar-refractivity contribution is 14.0. The van der Waals surface area contributed by atoms with E-state index in [1.54, 1.807) is 0 Å². The van der Waals surface area contributed by atoms with Crippen LogP contribution in [0.2, 0.25) is 0 Å². The van der Waals surface area contributed by atoms with Crippen molar-refractivity contribution in [2.45, 2.75) is 20.3 Å². The van der Waals surface area contributed by atoms with Crippen LogP contribution < -0.4 is 11.1 Å². The summed E-state index contributed by atoms with van der Waals surface area (Å²) in [7, 11) is 0. The van der Waals surface area contributed by atoms with Gasteiger partial charge < -0.3 is 15.8 Å². The summed E-state index contributed by atoms with van der Waals surface area (Å²) in [6.07, 6.45) is 0.893. The van der Waals surface area contributed by atoms with Gasteiger partial charge in [0.15, 0.2) is 5.96 Å². The fourth-order valence-corrected chi connectivity index (χ4v) is 1.42. The first-order chi connectivity index (χ1) is 8.22. The summed E-state index contributed by atoms with van der Waals surface area (Å²) in [5.41, 5.74) is 7.93. The van der Waals surface area contributed by atoms with Gasteiger partial charge in [0.05, 0.1) is 0 Å². The Morgan fingerprint density at radius 2 is 2.22 bits per heavy atom. The number of aliphatic imine (C=N–C) groups is 1. The van der Waals surface area contributed by atoms with E-state index in [1.807, 2.05) is 38.1 Å². The van der Waals surface area contributed by atoms with Gasteiger partial charge in [-0.2, -0.15) is 0 Å². The molecule has 0 unspecified atom stereocenters. The molecule has 18 heavy (non-hydrogen) atoms. The van der Waals surface area contributed by atoms with Gasteiger partial charge in [-0.1, -0.05) is 12.1 Å². The highest BCUT2D eigenvalue weighted by Gasteiger charge is 1.94.